The Balaban J connectivity index is 3.53. The third-order valence-corrected chi connectivity index (χ3v) is 2.45. The first-order valence-corrected chi connectivity index (χ1v) is 5.67. The van der Waals surface area contributed by atoms with Crippen LogP contribution in [-0.2, 0) is 11.5 Å². The van der Waals surface area contributed by atoms with Gasteiger partial charge in [0.2, 0.25) is 0 Å². The number of alkyl halides is 7. The predicted molar refractivity (Wildman–Crippen MR) is 55.1 cm³/mol. The minimum absolute atomic E-state index is 0.342. The summed E-state index contributed by atoms with van der Waals surface area (Å²) in [6.45, 7) is 0. The largest absolute Gasteiger partial charge is 0.573 e. The second-order valence-corrected chi connectivity index (χ2v) is 3.72. The molecular weight excluding hydrogens is 348 g/mol. The van der Waals surface area contributed by atoms with Gasteiger partial charge in [-0.15, -0.1) is 13.2 Å². The lowest BCUT2D eigenvalue weighted by molar-refractivity contribution is -0.276. The lowest BCUT2D eigenvalue weighted by Gasteiger charge is -2.19. The van der Waals surface area contributed by atoms with Crippen LogP contribution in [0, 0.1) is 0 Å². The van der Waals surface area contributed by atoms with Crippen LogP contribution >= 0.6 is 15.9 Å². The molecular formula is C9H6BrF6NO2. The van der Waals surface area contributed by atoms with E-state index in [2.05, 4.69) is 30.4 Å². The average Bonchev–Trinajstić information content (AvgIpc) is 2.24. The Morgan fingerprint density at radius 2 is 1.79 bits per heavy atom. The highest BCUT2D eigenvalue weighted by Crippen LogP contribution is 2.45. The van der Waals surface area contributed by atoms with Crippen molar-refractivity contribution >= 4 is 15.9 Å². The van der Waals surface area contributed by atoms with E-state index in [9.17, 15) is 26.3 Å². The third-order valence-electron chi connectivity index (χ3n) is 1.92. The molecule has 1 heterocycles. The summed E-state index contributed by atoms with van der Waals surface area (Å²) in [5.74, 6) is -2.27. The van der Waals surface area contributed by atoms with E-state index in [1.807, 2.05) is 0 Å². The van der Waals surface area contributed by atoms with Crippen LogP contribution in [0.25, 0.3) is 0 Å². The van der Waals surface area contributed by atoms with Crippen LogP contribution in [-0.4, -0.2) is 18.5 Å². The minimum atomic E-state index is -5.27. The second-order valence-electron chi connectivity index (χ2n) is 3.16. The molecule has 0 fully saturated rings. The zero-order valence-corrected chi connectivity index (χ0v) is 10.8. The Kier molecular flexibility index (Phi) is 4.54. The summed E-state index contributed by atoms with van der Waals surface area (Å²) in [6, 6.07) is 0. The van der Waals surface area contributed by atoms with Crippen molar-refractivity contribution in [3.05, 3.63) is 17.5 Å². The Morgan fingerprint density at radius 1 is 1.21 bits per heavy atom. The van der Waals surface area contributed by atoms with Crippen LogP contribution in [0.5, 0.6) is 11.5 Å². The molecule has 0 aliphatic carbocycles. The summed E-state index contributed by atoms with van der Waals surface area (Å²) in [5.41, 5.74) is -2.19. The fourth-order valence-electron chi connectivity index (χ4n) is 1.26. The zero-order chi connectivity index (χ0) is 14.8. The molecule has 0 aliphatic rings. The standard InChI is InChI=1S/C9H6BrF6NO2/c1-18-5-3-17-4(2-10)7(19-9(14,15)16)6(5)8(11,12)13/h3H,2H2,1H3. The van der Waals surface area contributed by atoms with Crippen LogP contribution in [0.2, 0.25) is 0 Å². The highest BCUT2D eigenvalue weighted by atomic mass is 79.9. The van der Waals surface area contributed by atoms with E-state index < -0.39 is 35.3 Å². The maximum Gasteiger partial charge on any atom is 0.573 e. The molecule has 0 amide bonds. The van der Waals surface area contributed by atoms with Gasteiger partial charge in [0, 0.05) is 5.33 Å². The summed E-state index contributed by atoms with van der Waals surface area (Å²) in [7, 11) is 0.886. The van der Waals surface area contributed by atoms with Crippen LogP contribution in [0.4, 0.5) is 26.3 Å². The number of ether oxygens (including phenoxy) is 2. The molecule has 0 spiro atoms. The first-order valence-electron chi connectivity index (χ1n) is 4.55. The molecule has 19 heavy (non-hydrogen) atoms. The number of rotatable bonds is 3. The number of halogens is 7. The van der Waals surface area contributed by atoms with E-state index in [-0.39, 0.29) is 5.33 Å². The number of aromatic nitrogens is 1. The summed E-state index contributed by atoms with van der Waals surface area (Å²) in [6.07, 6.45) is -9.67. The first kappa shape index (κ1) is 15.9. The van der Waals surface area contributed by atoms with Crippen molar-refractivity contribution in [3.63, 3.8) is 0 Å². The van der Waals surface area contributed by atoms with E-state index in [1.165, 1.54) is 0 Å². The molecule has 1 aromatic rings. The molecule has 0 unspecified atom stereocenters. The molecule has 0 bridgehead atoms. The van der Waals surface area contributed by atoms with Crippen LogP contribution in [0.1, 0.15) is 11.3 Å². The second kappa shape index (κ2) is 5.43. The number of methoxy groups -OCH3 is 1. The van der Waals surface area contributed by atoms with Gasteiger partial charge in [-0.1, -0.05) is 15.9 Å². The van der Waals surface area contributed by atoms with Gasteiger partial charge >= 0.3 is 12.5 Å². The quantitative estimate of drug-likeness (QED) is 0.610. The normalized spacial score (nSPS) is 12.4. The first-order chi connectivity index (χ1) is 8.60. The molecule has 0 saturated heterocycles. The minimum Gasteiger partial charge on any atom is -0.494 e. The Hall–Kier alpha value is -1.19. The third kappa shape index (κ3) is 3.88. The molecule has 3 nitrogen and oxygen atoms in total. The van der Waals surface area contributed by atoms with Crippen molar-refractivity contribution in [2.75, 3.05) is 7.11 Å². The highest BCUT2D eigenvalue weighted by Gasteiger charge is 2.43. The van der Waals surface area contributed by atoms with E-state index >= 15 is 0 Å². The van der Waals surface area contributed by atoms with Crippen molar-refractivity contribution < 1.29 is 35.8 Å². The maximum absolute atomic E-state index is 12.8. The molecule has 0 aliphatic heterocycles. The van der Waals surface area contributed by atoms with Gasteiger partial charge in [-0.3, -0.25) is 4.98 Å². The molecule has 1 aromatic heterocycles. The lowest BCUT2D eigenvalue weighted by atomic mass is 10.2. The Bertz CT molecular complexity index is 459. The number of nitrogens with zero attached hydrogens (tertiary/aromatic N) is 1. The number of pyridine rings is 1. The van der Waals surface area contributed by atoms with E-state index in [4.69, 9.17) is 0 Å². The van der Waals surface area contributed by atoms with Gasteiger partial charge in [0.25, 0.3) is 0 Å². The molecule has 0 N–H and O–H groups in total. The van der Waals surface area contributed by atoms with Gasteiger partial charge in [-0.25, -0.2) is 0 Å². The summed E-state index contributed by atoms with van der Waals surface area (Å²) < 4.78 is 82.8. The summed E-state index contributed by atoms with van der Waals surface area (Å²) in [4.78, 5) is 3.43. The lowest BCUT2D eigenvalue weighted by Crippen LogP contribution is -2.22. The molecule has 0 atom stereocenters. The van der Waals surface area contributed by atoms with Crippen molar-refractivity contribution in [1.29, 1.82) is 0 Å². The number of hydrogen-bond donors (Lipinski definition) is 0. The molecule has 0 radical (unpaired) electrons. The fraction of sp³-hybridized carbons (Fsp3) is 0.444. The monoisotopic (exact) mass is 353 g/mol. The molecule has 0 saturated carbocycles. The summed E-state index contributed by atoms with van der Waals surface area (Å²) in [5, 5.41) is -0.342. The average molecular weight is 354 g/mol. The van der Waals surface area contributed by atoms with Gasteiger partial charge in [0.05, 0.1) is 19.0 Å². The molecule has 108 valence electrons. The van der Waals surface area contributed by atoms with Crippen LogP contribution in [0.3, 0.4) is 0 Å². The van der Waals surface area contributed by atoms with Crippen molar-refractivity contribution in [3.8, 4) is 11.5 Å². The van der Waals surface area contributed by atoms with Gasteiger partial charge in [-0.05, 0) is 0 Å². The highest BCUT2D eigenvalue weighted by molar-refractivity contribution is 9.08. The van der Waals surface area contributed by atoms with Gasteiger partial charge in [-0.2, -0.15) is 13.2 Å². The van der Waals surface area contributed by atoms with Gasteiger partial charge in [0.1, 0.15) is 5.56 Å². The topological polar surface area (TPSA) is 31.4 Å². The SMILES string of the molecule is COc1cnc(CBr)c(OC(F)(F)F)c1C(F)(F)F. The van der Waals surface area contributed by atoms with E-state index in [1.54, 1.807) is 0 Å². The Morgan fingerprint density at radius 3 is 2.16 bits per heavy atom. The molecule has 10 heteroatoms. The van der Waals surface area contributed by atoms with Crippen LogP contribution < -0.4 is 9.47 Å². The van der Waals surface area contributed by atoms with E-state index in [0.29, 0.717) is 6.20 Å². The fourth-order valence-corrected chi connectivity index (χ4v) is 1.66. The molecule has 1 rings (SSSR count). The van der Waals surface area contributed by atoms with Crippen LogP contribution in [0.15, 0.2) is 6.20 Å². The predicted octanol–water partition coefficient (Wildman–Crippen LogP) is 3.90. The van der Waals surface area contributed by atoms with Gasteiger partial charge in [0.15, 0.2) is 11.5 Å². The Labute approximate surface area is 111 Å². The molecule has 0 aromatic carbocycles. The van der Waals surface area contributed by atoms with Crippen molar-refractivity contribution in [2.45, 2.75) is 17.9 Å². The number of hydrogen-bond acceptors (Lipinski definition) is 3. The maximum atomic E-state index is 12.8. The smallest absolute Gasteiger partial charge is 0.494 e. The van der Waals surface area contributed by atoms with E-state index in [0.717, 1.165) is 7.11 Å². The van der Waals surface area contributed by atoms with Crippen molar-refractivity contribution in [2.24, 2.45) is 0 Å². The van der Waals surface area contributed by atoms with Gasteiger partial charge < -0.3 is 9.47 Å². The van der Waals surface area contributed by atoms with Crippen molar-refractivity contribution in [1.82, 2.24) is 4.98 Å². The zero-order valence-electron chi connectivity index (χ0n) is 9.19. The summed E-state index contributed by atoms with van der Waals surface area (Å²) >= 11 is 2.75.